The Hall–Kier alpha value is -2.86. The van der Waals surface area contributed by atoms with Crippen molar-refractivity contribution < 1.29 is 14.7 Å². The number of carboxylic acid groups (broad SMARTS) is 1. The fourth-order valence-corrected chi connectivity index (χ4v) is 3.96. The van der Waals surface area contributed by atoms with Gasteiger partial charge in [0.2, 0.25) is 5.91 Å². The van der Waals surface area contributed by atoms with Crippen molar-refractivity contribution in [3.63, 3.8) is 0 Å². The molecule has 2 amide bonds. The van der Waals surface area contributed by atoms with E-state index in [1.807, 2.05) is 35.2 Å². The molecule has 0 atom stereocenters. The summed E-state index contributed by atoms with van der Waals surface area (Å²) in [4.78, 5) is 27.3. The first-order valence-corrected chi connectivity index (χ1v) is 10.1. The van der Waals surface area contributed by atoms with Crippen LogP contribution < -0.4 is 10.2 Å². The molecule has 3 rings (SSSR count). The molecule has 1 heterocycles. The van der Waals surface area contributed by atoms with E-state index >= 15 is 0 Å². The average Bonchev–Trinajstić information content (AvgIpc) is 2.71. The topological polar surface area (TPSA) is 72.9 Å². The van der Waals surface area contributed by atoms with Gasteiger partial charge in [-0.2, -0.15) is 0 Å². The lowest BCUT2D eigenvalue weighted by Crippen LogP contribution is -2.46. The number of benzene rings is 2. The molecule has 0 unspecified atom stereocenters. The molecule has 0 radical (unpaired) electrons. The predicted octanol–water partition coefficient (Wildman–Crippen LogP) is 3.51. The Morgan fingerprint density at radius 2 is 1.69 bits per heavy atom. The lowest BCUT2D eigenvalue weighted by Gasteiger charge is -2.38. The van der Waals surface area contributed by atoms with Crippen LogP contribution in [0.4, 0.5) is 10.5 Å². The minimum atomic E-state index is -1.01. The van der Waals surface area contributed by atoms with Gasteiger partial charge < -0.3 is 15.3 Å². The highest BCUT2D eigenvalue weighted by atomic mass is 16.4. The van der Waals surface area contributed by atoms with Gasteiger partial charge in [-0.1, -0.05) is 42.5 Å². The van der Waals surface area contributed by atoms with Crippen LogP contribution >= 0.6 is 0 Å². The zero-order chi connectivity index (χ0) is 20.6. The number of likely N-dealkylation sites (tertiary alicyclic amines) is 1. The highest BCUT2D eigenvalue weighted by Crippen LogP contribution is 2.25. The number of amides is 2. The van der Waals surface area contributed by atoms with Gasteiger partial charge in [-0.25, -0.2) is 4.79 Å². The van der Waals surface area contributed by atoms with Crippen molar-refractivity contribution in [2.45, 2.75) is 38.8 Å². The molecule has 2 N–H and O–H groups in total. The van der Waals surface area contributed by atoms with E-state index in [1.54, 1.807) is 6.92 Å². The van der Waals surface area contributed by atoms with Gasteiger partial charge in [0.1, 0.15) is 0 Å². The van der Waals surface area contributed by atoms with Gasteiger partial charge in [0.05, 0.1) is 0 Å². The largest absolute Gasteiger partial charge is 0.465 e. The molecule has 1 aliphatic rings. The van der Waals surface area contributed by atoms with Crippen LogP contribution in [0, 0.1) is 0 Å². The molecule has 6 nitrogen and oxygen atoms in total. The van der Waals surface area contributed by atoms with E-state index < -0.39 is 6.09 Å². The van der Waals surface area contributed by atoms with Crippen LogP contribution in [0.3, 0.4) is 0 Å². The number of nitrogens with one attached hydrogen (secondary N) is 1. The minimum Gasteiger partial charge on any atom is -0.465 e. The molecule has 6 heteroatoms. The molecule has 2 aromatic carbocycles. The summed E-state index contributed by atoms with van der Waals surface area (Å²) >= 11 is 0. The molecular weight excluding hydrogens is 366 g/mol. The van der Waals surface area contributed by atoms with Crippen LogP contribution in [0.15, 0.2) is 54.6 Å². The number of nitrogens with zero attached hydrogens (tertiary/aromatic N) is 2. The Morgan fingerprint density at radius 1 is 1.03 bits per heavy atom. The quantitative estimate of drug-likeness (QED) is 0.752. The third-order valence-electron chi connectivity index (χ3n) is 5.41. The van der Waals surface area contributed by atoms with Crippen molar-refractivity contribution in [2.75, 3.05) is 24.5 Å². The van der Waals surface area contributed by atoms with Gasteiger partial charge in [0.25, 0.3) is 0 Å². The molecule has 29 heavy (non-hydrogen) atoms. The molecule has 0 spiro atoms. The maximum absolute atomic E-state index is 12.4. The Balaban J connectivity index is 1.57. The van der Waals surface area contributed by atoms with E-state index in [0.29, 0.717) is 13.0 Å². The smallest absolute Gasteiger partial charge is 0.404 e. The van der Waals surface area contributed by atoms with Crippen LogP contribution in [-0.4, -0.2) is 47.7 Å². The van der Waals surface area contributed by atoms with Gasteiger partial charge in [0.15, 0.2) is 0 Å². The number of carbonyl (C=O) groups excluding carboxylic acids is 1. The Labute approximate surface area is 172 Å². The van der Waals surface area contributed by atoms with Crippen LogP contribution in [-0.2, 0) is 17.8 Å². The summed E-state index contributed by atoms with van der Waals surface area (Å²) in [6, 6.07) is 18.6. The first-order chi connectivity index (χ1) is 14.0. The van der Waals surface area contributed by atoms with Crippen molar-refractivity contribution in [1.82, 2.24) is 10.2 Å². The maximum atomic E-state index is 12.4. The Bertz CT molecular complexity index is 800. The molecule has 0 bridgehead atoms. The molecule has 0 saturated carbocycles. The van der Waals surface area contributed by atoms with E-state index in [-0.39, 0.29) is 11.9 Å². The number of hydrogen-bond acceptors (Lipinski definition) is 3. The van der Waals surface area contributed by atoms with Crippen molar-refractivity contribution in [2.24, 2.45) is 0 Å². The number of carbonyl (C=O) groups is 2. The molecule has 0 aromatic heterocycles. The summed E-state index contributed by atoms with van der Waals surface area (Å²) < 4.78 is 0. The van der Waals surface area contributed by atoms with E-state index in [1.165, 1.54) is 5.56 Å². The summed E-state index contributed by atoms with van der Waals surface area (Å²) in [6.07, 6.45) is 1.53. The van der Waals surface area contributed by atoms with Crippen LogP contribution in [0.5, 0.6) is 0 Å². The van der Waals surface area contributed by atoms with Gasteiger partial charge in [-0.15, -0.1) is 0 Å². The van der Waals surface area contributed by atoms with E-state index in [9.17, 15) is 9.59 Å². The van der Waals surface area contributed by atoms with E-state index in [2.05, 4.69) is 34.5 Å². The first kappa shape index (κ1) is 20.9. The SMILES string of the molecule is CC(=O)N(c1ccc(CCNC(=O)O)cc1)C1CCN(Cc2ccccc2)CC1. The lowest BCUT2D eigenvalue weighted by molar-refractivity contribution is -0.117. The predicted molar refractivity (Wildman–Crippen MR) is 114 cm³/mol. The highest BCUT2D eigenvalue weighted by molar-refractivity contribution is 5.92. The van der Waals surface area contributed by atoms with Crippen molar-refractivity contribution >= 4 is 17.7 Å². The van der Waals surface area contributed by atoms with Crippen molar-refractivity contribution in [3.8, 4) is 0 Å². The third kappa shape index (κ3) is 6.06. The van der Waals surface area contributed by atoms with E-state index in [4.69, 9.17) is 5.11 Å². The lowest BCUT2D eigenvalue weighted by atomic mass is 10.0. The van der Waals surface area contributed by atoms with Gasteiger partial charge in [0, 0.05) is 44.8 Å². The average molecular weight is 396 g/mol. The molecular formula is C23H29N3O3. The molecule has 154 valence electrons. The number of piperidine rings is 1. The van der Waals surface area contributed by atoms with E-state index in [0.717, 1.165) is 43.7 Å². The number of hydrogen-bond donors (Lipinski definition) is 2. The normalized spacial score (nSPS) is 15.1. The number of rotatable bonds is 7. The minimum absolute atomic E-state index is 0.0619. The second kappa shape index (κ2) is 10.1. The van der Waals surface area contributed by atoms with Crippen molar-refractivity contribution in [3.05, 3.63) is 65.7 Å². The van der Waals surface area contributed by atoms with Gasteiger partial charge >= 0.3 is 6.09 Å². The monoisotopic (exact) mass is 395 g/mol. The fraction of sp³-hybridized carbons (Fsp3) is 0.391. The van der Waals surface area contributed by atoms with Crippen LogP contribution in [0.25, 0.3) is 0 Å². The molecule has 1 fully saturated rings. The highest BCUT2D eigenvalue weighted by Gasteiger charge is 2.27. The zero-order valence-corrected chi connectivity index (χ0v) is 16.9. The standard InChI is InChI=1S/C23H29N3O3/c1-18(27)26(21-9-7-19(8-10-21)11-14-24-23(28)29)22-12-15-25(16-13-22)17-20-5-3-2-4-6-20/h2-10,22,24H,11-17H2,1H3,(H,28,29). The summed E-state index contributed by atoms with van der Waals surface area (Å²) in [7, 11) is 0. The van der Waals surface area contributed by atoms with Crippen LogP contribution in [0.1, 0.15) is 30.9 Å². The number of anilines is 1. The zero-order valence-electron chi connectivity index (χ0n) is 16.9. The molecule has 1 aliphatic heterocycles. The molecule has 2 aromatic rings. The first-order valence-electron chi connectivity index (χ1n) is 10.1. The van der Waals surface area contributed by atoms with Crippen molar-refractivity contribution in [1.29, 1.82) is 0 Å². The van der Waals surface area contributed by atoms with Gasteiger partial charge in [-0.3, -0.25) is 9.69 Å². The Morgan fingerprint density at radius 3 is 2.28 bits per heavy atom. The maximum Gasteiger partial charge on any atom is 0.404 e. The summed E-state index contributed by atoms with van der Waals surface area (Å²) in [5.41, 5.74) is 3.28. The fourth-order valence-electron chi connectivity index (χ4n) is 3.96. The van der Waals surface area contributed by atoms with Gasteiger partial charge in [-0.05, 0) is 42.5 Å². The Kier molecular flexibility index (Phi) is 7.25. The molecule has 1 saturated heterocycles. The molecule has 0 aliphatic carbocycles. The second-order valence-electron chi connectivity index (χ2n) is 7.53. The summed E-state index contributed by atoms with van der Waals surface area (Å²) in [5, 5.41) is 11.0. The van der Waals surface area contributed by atoms with Crippen LogP contribution in [0.2, 0.25) is 0 Å². The summed E-state index contributed by atoms with van der Waals surface area (Å²) in [6.45, 7) is 4.91. The second-order valence-corrected chi connectivity index (χ2v) is 7.53. The summed E-state index contributed by atoms with van der Waals surface area (Å²) in [5.74, 6) is 0.0619. The third-order valence-corrected chi connectivity index (χ3v) is 5.41.